The average molecular weight is 255 g/mol. The fraction of sp³-hybridized carbons (Fsp3) is 1.00. The molecule has 0 heterocycles. The third-order valence-corrected chi connectivity index (χ3v) is 4.70. The molecule has 0 aromatic carbocycles. The normalized spacial score (nSPS) is 15.3. The third kappa shape index (κ3) is 8.16. The molecule has 2 unspecified atom stereocenters. The van der Waals surface area contributed by atoms with Crippen molar-refractivity contribution < 1.29 is 0 Å². The topological polar surface area (TPSA) is 0 Å². The SMILES string of the molecule is CCCC(C)C(CCCC(C)C)CC(CC)CC. The van der Waals surface area contributed by atoms with Crippen LogP contribution in [0.25, 0.3) is 0 Å². The molecule has 110 valence electrons. The van der Waals surface area contributed by atoms with E-state index in [1.54, 1.807) is 0 Å². The predicted molar refractivity (Wildman–Crippen MR) is 84.9 cm³/mol. The molecule has 0 saturated carbocycles. The van der Waals surface area contributed by atoms with Gasteiger partial charge in [-0.1, -0.05) is 86.5 Å². The fourth-order valence-corrected chi connectivity index (χ4v) is 3.16. The van der Waals surface area contributed by atoms with Gasteiger partial charge in [0.15, 0.2) is 0 Å². The molecule has 0 radical (unpaired) electrons. The molecule has 0 amide bonds. The van der Waals surface area contributed by atoms with Gasteiger partial charge in [0.1, 0.15) is 0 Å². The van der Waals surface area contributed by atoms with Crippen molar-refractivity contribution in [1.29, 1.82) is 0 Å². The molecular weight excluding hydrogens is 216 g/mol. The van der Waals surface area contributed by atoms with Gasteiger partial charge in [-0.2, -0.15) is 0 Å². The summed E-state index contributed by atoms with van der Waals surface area (Å²) in [5.74, 6) is 3.75. The second-order valence-corrected chi connectivity index (χ2v) is 6.77. The van der Waals surface area contributed by atoms with Crippen LogP contribution in [0.1, 0.15) is 92.9 Å². The smallest absolute Gasteiger partial charge is 0.0386 e. The van der Waals surface area contributed by atoms with E-state index in [2.05, 4.69) is 41.5 Å². The minimum atomic E-state index is 0.875. The summed E-state index contributed by atoms with van der Waals surface area (Å²) in [5, 5.41) is 0. The third-order valence-electron chi connectivity index (χ3n) is 4.70. The van der Waals surface area contributed by atoms with Crippen molar-refractivity contribution in [2.75, 3.05) is 0 Å². The summed E-state index contributed by atoms with van der Waals surface area (Å²) < 4.78 is 0. The maximum Gasteiger partial charge on any atom is -0.0386 e. The molecule has 0 saturated heterocycles. The standard InChI is InChI=1S/C18H38/c1-7-11-16(6)18(13-10-12-15(4)5)14-17(8-2)9-3/h15-18H,7-14H2,1-6H3. The Bertz CT molecular complexity index is 167. The van der Waals surface area contributed by atoms with Crippen molar-refractivity contribution >= 4 is 0 Å². The van der Waals surface area contributed by atoms with Crippen LogP contribution < -0.4 is 0 Å². The van der Waals surface area contributed by atoms with E-state index in [-0.39, 0.29) is 0 Å². The van der Waals surface area contributed by atoms with Gasteiger partial charge in [0.25, 0.3) is 0 Å². The van der Waals surface area contributed by atoms with Crippen LogP contribution in [0, 0.1) is 23.7 Å². The zero-order valence-corrected chi connectivity index (χ0v) is 14.0. The molecule has 0 aliphatic rings. The Morgan fingerprint density at radius 2 is 1.39 bits per heavy atom. The van der Waals surface area contributed by atoms with Crippen LogP contribution in [0.3, 0.4) is 0 Å². The van der Waals surface area contributed by atoms with Gasteiger partial charge in [0.05, 0.1) is 0 Å². The quantitative estimate of drug-likeness (QED) is 0.385. The molecule has 18 heavy (non-hydrogen) atoms. The summed E-state index contributed by atoms with van der Waals surface area (Å²) >= 11 is 0. The highest BCUT2D eigenvalue weighted by atomic mass is 14.3. The monoisotopic (exact) mass is 254 g/mol. The highest BCUT2D eigenvalue weighted by Crippen LogP contribution is 2.31. The van der Waals surface area contributed by atoms with E-state index in [4.69, 9.17) is 0 Å². The first-order valence-corrected chi connectivity index (χ1v) is 8.54. The van der Waals surface area contributed by atoms with Gasteiger partial charge in [-0.15, -0.1) is 0 Å². The largest absolute Gasteiger partial charge is 0.0654 e. The zero-order chi connectivity index (χ0) is 14.0. The first kappa shape index (κ1) is 18.0. The van der Waals surface area contributed by atoms with Gasteiger partial charge < -0.3 is 0 Å². The molecule has 0 N–H and O–H groups in total. The minimum absolute atomic E-state index is 0.875. The van der Waals surface area contributed by atoms with E-state index in [1.165, 1.54) is 51.4 Å². The van der Waals surface area contributed by atoms with E-state index in [0.29, 0.717) is 0 Å². The van der Waals surface area contributed by atoms with Gasteiger partial charge in [-0.05, 0) is 30.1 Å². The summed E-state index contributed by atoms with van der Waals surface area (Å²) in [5.41, 5.74) is 0. The molecule has 0 bridgehead atoms. The second-order valence-electron chi connectivity index (χ2n) is 6.77. The Morgan fingerprint density at radius 3 is 1.83 bits per heavy atom. The average Bonchev–Trinajstić information content (AvgIpc) is 2.33. The Labute approximate surface area is 117 Å². The van der Waals surface area contributed by atoms with Crippen molar-refractivity contribution in [2.45, 2.75) is 92.9 Å². The number of rotatable bonds is 11. The van der Waals surface area contributed by atoms with E-state index in [1.807, 2.05) is 0 Å². The highest BCUT2D eigenvalue weighted by Gasteiger charge is 2.19. The van der Waals surface area contributed by atoms with Crippen molar-refractivity contribution in [3.8, 4) is 0 Å². The Hall–Kier alpha value is 0. The van der Waals surface area contributed by atoms with Crippen LogP contribution in [0.15, 0.2) is 0 Å². The molecule has 0 aromatic rings. The lowest BCUT2D eigenvalue weighted by molar-refractivity contribution is 0.238. The van der Waals surface area contributed by atoms with Crippen LogP contribution in [0.2, 0.25) is 0 Å². The van der Waals surface area contributed by atoms with Crippen LogP contribution in [-0.2, 0) is 0 Å². The Morgan fingerprint density at radius 1 is 0.778 bits per heavy atom. The van der Waals surface area contributed by atoms with Gasteiger partial charge in [-0.25, -0.2) is 0 Å². The molecule has 0 fully saturated rings. The van der Waals surface area contributed by atoms with Gasteiger partial charge in [0.2, 0.25) is 0 Å². The lowest BCUT2D eigenvalue weighted by Gasteiger charge is -2.27. The van der Waals surface area contributed by atoms with Gasteiger partial charge in [0, 0.05) is 0 Å². The van der Waals surface area contributed by atoms with E-state index >= 15 is 0 Å². The second kappa shape index (κ2) is 10.9. The first-order valence-electron chi connectivity index (χ1n) is 8.54. The fourth-order valence-electron chi connectivity index (χ4n) is 3.16. The lowest BCUT2D eigenvalue weighted by Crippen LogP contribution is -2.16. The molecule has 0 aliphatic carbocycles. The zero-order valence-electron chi connectivity index (χ0n) is 14.0. The van der Waals surface area contributed by atoms with E-state index in [9.17, 15) is 0 Å². The molecule has 0 rings (SSSR count). The first-order chi connectivity index (χ1) is 8.54. The minimum Gasteiger partial charge on any atom is -0.0654 e. The predicted octanol–water partition coefficient (Wildman–Crippen LogP) is 6.69. The molecule has 0 aromatic heterocycles. The summed E-state index contributed by atoms with van der Waals surface area (Å²) in [7, 11) is 0. The Balaban J connectivity index is 4.22. The van der Waals surface area contributed by atoms with Crippen LogP contribution in [0.5, 0.6) is 0 Å². The van der Waals surface area contributed by atoms with Crippen molar-refractivity contribution in [3.63, 3.8) is 0 Å². The number of hydrogen-bond donors (Lipinski definition) is 0. The van der Waals surface area contributed by atoms with Crippen molar-refractivity contribution in [1.82, 2.24) is 0 Å². The van der Waals surface area contributed by atoms with Crippen LogP contribution in [-0.4, -0.2) is 0 Å². The highest BCUT2D eigenvalue weighted by molar-refractivity contribution is 4.71. The summed E-state index contributed by atoms with van der Waals surface area (Å²) in [4.78, 5) is 0. The maximum absolute atomic E-state index is 2.49. The van der Waals surface area contributed by atoms with Crippen LogP contribution in [0.4, 0.5) is 0 Å². The van der Waals surface area contributed by atoms with Crippen LogP contribution >= 0.6 is 0 Å². The molecule has 0 aliphatic heterocycles. The molecule has 0 nitrogen and oxygen atoms in total. The summed E-state index contributed by atoms with van der Waals surface area (Å²) in [6, 6.07) is 0. The molecular formula is C18H38. The van der Waals surface area contributed by atoms with Gasteiger partial charge in [-0.3, -0.25) is 0 Å². The molecule has 0 spiro atoms. The van der Waals surface area contributed by atoms with Crippen molar-refractivity contribution in [2.24, 2.45) is 23.7 Å². The maximum atomic E-state index is 2.49. The molecule has 0 heteroatoms. The Kier molecular flexibility index (Phi) is 10.9. The summed E-state index contributed by atoms with van der Waals surface area (Å²) in [6.45, 7) is 14.3. The van der Waals surface area contributed by atoms with Gasteiger partial charge >= 0.3 is 0 Å². The molecule has 2 atom stereocenters. The van der Waals surface area contributed by atoms with Crippen molar-refractivity contribution in [3.05, 3.63) is 0 Å². The van der Waals surface area contributed by atoms with E-state index < -0.39 is 0 Å². The van der Waals surface area contributed by atoms with E-state index in [0.717, 1.165) is 23.7 Å². The summed E-state index contributed by atoms with van der Waals surface area (Å²) in [6.07, 6.45) is 11.3. The lowest BCUT2D eigenvalue weighted by atomic mass is 9.78. The number of hydrogen-bond acceptors (Lipinski definition) is 0.